The Morgan fingerprint density at radius 1 is 1.10 bits per heavy atom. The number of fused-ring (bicyclic) bond motifs is 3. The van der Waals surface area contributed by atoms with E-state index in [4.69, 9.17) is 0 Å². The van der Waals surface area contributed by atoms with Gasteiger partial charge in [0.2, 0.25) is 5.91 Å². The highest BCUT2D eigenvalue weighted by atomic mass is 16.2. The second kappa shape index (κ2) is 7.83. The average molecular weight is 421 g/mol. The molecule has 1 saturated heterocycles. The van der Waals surface area contributed by atoms with Gasteiger partial charge in [-0.3, -0.25) is 19.6 Å². The van der Waals surface area contributed by atoms with Crippen LogP contribution in [0.2, 0.25) is 0 Å². The normalized spacial score (nSPS) is 23.4. The summed E-state index contributed by atoms with van der Waals surface area (Å²) in [5.41, 5.74) is 1.65. The molecule has 0 bridgehead atoms. The van der Waals surface area contributed by atoms with E-state index in [-0.39, 0.29) is 30.6 Å². The van der Waals surface area contributed by atoms with E-state index in [1.54, 1.807) is 20.7 Å². The number of benzene rings is 1. The van der Waals surface area contributed by atoms with Crippen LogP contribution < -0.4 is 4.90 Å². The summed E-state index contributed by atoms with van der Waals surface area (Å²) >= 11 is 0. The van der Waals surface area contributed by atoms with Gasteiger partial charge >= 0.3 is 6.03 Å². The van der Waals surface area contributed by atoms with Crippen molar-refractivity contribution >= 4 is 23.6 Å². The van der Waals surface area contributed by atoms with Crippen molar-refractivity contribution < 1.29 is 9.59 Å². The largest absolute Gasteiger partial charge is 0.336 e. The summed E-state index contributed by atoms with van der Waals surface area (Å²) in [6.45, 7) is 5.50. The van der Waals surface area contributed by atoms with Crippen molar-refractivity contribution in [1.29, 1.82) is 0 Å². The van der Waals surface area contributed by atoms with E-state index < -0.39 is 0 Å². The number of amidine groups is 1. The van der Waals surface area contributed by atoms with Crippen molar-refractivity contribution in [3.63, 3.8) is 0 Å². The second-order valence-electron chi connectivity index (χ2n) is 8.64. The van der Waals surface area contributed by atoms with Crippen molar-refractivity contribution in [3.05, 3.63) is 42.1 Å². The molecule has 1 aromatic heterocycles. The van der Waals surface area contributed by atoms with Gasteiger partial charge < -0.3 is 4.90 Å². The molecule has 0 aliphatic carbocycles. The number of piperidine rings is 1. The third kappa shape index (κ3) is 3.30. The van der Waals surface area contributed by atoms with E-state index in [2.05, 4.69) is 23.9 Å². The summed E-state index contributed by atoms with van der Waals surface area (Å²) < 4.78 is 1.75. The first kappa shape index (κ1) is 19.8. The minimum absolute atomic E-state index is 0.00280. The number of para-hydroxylation sites is 1. The first-order chi connectivity index (χ1) is 15.1. The molecule has 0 N–H and O–H groups in total. The summed E-state index contributed by atoms with van der Waals surface area (Å²) in [5, 5.41) is 4.58. The number of amides is 3. The Morgan fingerprint density at radius 2 is 1.84 bits per heavy atom. The van der Waals surface area contributed by atoms with E-state index in [1.807, 2.05) is 35.2 Å². The second-order valence-corrected chi connectivity index (χ2v) is 8.64. The number of carbonyl (C=O) groups excluding carboxylic acids is 2. The Kier molecular flexibility index (Phi) is 5.00. The number of anilines is 1. The molecule has 4 heterocycles. The zero-order chi connectivity index (χ0) is 21.5. The molecule has 2 atom stereocenters. The van der Waals surface area contributed by atoms with Crippen LogP contribution in [0.1, 0.15) is 45.1 Å². The number of urea groups is 1. The van der Waals surface area contributed by atoms with E-state index >= 15 is 0 Å². The molecule has 8 heteroatoms. The van der Waals surface area contributed by atoms with Gasteiger partial charge in [-0.1, -0.05) is 18.2 Å². The first-order valence-electron chi connectivity index (χ1n) is 11.1. The molecule has 0 saturated carbocycles. The van der Waals surface area contributed by atoms with E-state index in [0.29, 0.717) is 24.7 Å². The molecule has 2 aromatic rings. The number of carbonyl (C=O) groups is 2. The summed E-state index contributed by atoms with van der Waals surface area (Å²) in [5.74, 6) is 1.27. The van der Waals surface area contributed by atoms with E-state index in [0.717, 1.165) is 36.9 Å². The number of aromatic nitrogens is 2. The van der Waals surface area contributed by atoms with Crippen molar-refractivity contribution in [2.45, 2.75) is 51.6 Å². The minimum atomic E-state index is -0.200. The third-order valence-corrected chi connectivity index (χ3v) is 6.53. The topological polar surface area (TPSA) is 74.0 Å². The number of rotatable bonds is 3. The van der Waals surface area contributed by atoms with Crippen LogP contribution in [0, 0.1) is 0 Å². The number of aliphatic imine (C=N–C) groups is 1. The summed E-state index contributed by atoms with van der Waals surface area (Å²) in [6, 6.07) is 9.87. The van der Waals surface area contributed by atoms with E-state index in [1.165, 1.54) is 0 Å². The fraction of sp³-hybridized carbons (Fsp3) is 0.478. The number of nitrogens with zero attached hydrogens (tertiary/aromatic N) is 6. The molecular weight excluding hydrogens is 392 g/mol. The molecule has 3 aliphatic heterocycles. The molecule has 0 spiro atoms. The molecular formula is C23H28N6O2. The Labute approximate surface area is 182 Å². The molecule has 0 radical (unpaired) electrons. The molecule has 8 nitrogen and oxygen atoms in total. The smallest absolute Gasteiger partial charge is 0.331 e. The van der Waals surface area contributed by atoms with Crippen molar-refractivity contribution in [2.75, 3.05) is 24.5 Å². The molecule has 1 fully saturated rings. The predicted octanol–water partition coefficient (Wildman–Crippen LogP) is 3.05. The first-order valence-corrected chi connectivity index (χ1v) is 11.1. The van der Waals surface area contributed by atoms with Gasteiger partial charge in [0.25, 0.3) is 0 Å². The van der Waals surface area contributed by atoms with Crippen LogP contribution in [0.3, 0.4) is 0 Å². The fourth-order valence-corrected chi connectivity index (χ4v) is 5.05. The van der Waals surface area contributed by atoms with Crippen LogP contribution in [-0.2, 0) is 4.79 Å². The van der Waals surface area contributed by atoms with Crippen LogP contribution in [0.25, 0.3) is 5.69 Å². The van der Waals surface area contributed by atoms with Crippen LogP contribution in [0.4, 0.5) is 10.6 Å². The molecule has 162 valence electrons. The Morgan fingerprint density at radius 3 is 2.58 bits per heavy atom. The summed E-state index contributed by atoms with van der Waals surface area (Å²) in [4.78, 5) is 36.8. The van der Waals surface area contributed by atoms with Gasteiger partial charge in [0.1, 0.15) is 12.4 Å². The lowest BCUT2D eigenvalue weighted by Gasteiger charge is -2.42. The highest BCUT2D eigenvalue weighted by molar-refractivity contribution is 6.19. The fourth-order valence-electron chi connectivity index (χ4n) is 5.05. The van der Waals surface area contributed by atoms with Gasteiger partial charge in [-0.25, -0.2) is 9.48 Å². The molecule has 1 aromatic carbocycles. The van der Waals surface area contributed by atoms with Crippen LogP contribution in [0.5, 0.6) is 0 Å². The summed E-state index contributed by atoms with van der Waals surface area (Å²) in [6.07, 6.45) is 5.71. The standard InChI is InChI=1S/C23H28N6O2/c1-16-8-6-9-17(2)28(16)20(30)15-27-22-19(21-24-12-7-13-26(21)23(27)31)14-25-29(22)18-10-4-3-5-11-18/h3-5,10-11,14,16-17H,6-9,12-13,15H2,1-2H3/t16-,17+. The minimum Gasteiger partial charge on any atom is -0.336 e. The van der Waals surface area contributed by atoms with Crippen LogP contribution >= 0.6 is 0 Å². The zero-order valence-electron chi connectivity index (χ0n) is 18.1. The maximum Gasteiger partial charge on any atom is 0.331 e. The van der Waals surface area contributed by atoms with Crippen LogP contribution in [-0.4, -0.2) is 69.1 Å². The van der Waals surface area contributed by atoms with Gasteiger partial charge in [-0.05, 0) is 51.7 Å². The van der Waals surface area contributed by atoms with E-state index in [9.17, 15) is 9.59 Å². The van der Waals surface area contributed by atoms with Gasteiger partial charge in [0, 0.05) is 25.2 Å². The maximum atomic E-state index is 13.5. The lowest BCUT2D eigenvalue weighted by Crippen LogP contribution is -2.57. The number of hydrogen-bond donors (Lipinski definition) is 0. The van der Waals surface area contributed by atoms with Gasteiger partial charge in [0.05, 0.1) is 17.4 Å². The number of hydrogen-bond acceptors (Lipinski definition) is 4. The zero-order valence-corrected chi connectivity index (χ0v) is 18.1. The van der Waals surface area contributed by atoms with Crippen molar-refractivity contribution in [3.8, 4) is 5.69 Å². The predicted molar refractivity (Wildman–Crippen MR) is 119 cm³/mol. The molecule has 3 aliphatic rings. The number of likely N-dealkylation sites (tertiary alicyclic amines) is 1. The highest BCUT2D eigenvalue weighted by Gasteiger charge is 2.41. The van der Waals surface area contributed by atoms with Gasteiger partial charge in [0.15, 0.2) is 5.82 Å². The quantitative estimate of drug-likeness (QED) is 0.766. The lowest BCUT2D eigenvalue weighted by molar-refractivity contribution is -0.135. The Hall–Kier alpha value is -3.16. The Bertz CT molecular complexity index is 1020. The lowest BCUT2D eigenvalue weighted by atomic mass is 9.97. The molecule has 0 unspecified atom stereocenters. The highest BCUT2D eigenvalue weighted by Crippen LogP contribution is 2.33. The Balaban J connectivity index is 1.57. The molecule has 5 rings (SSSR count). The van der Waals surface area contributed by atoms with Crippen molar-refractivity contribution in [2.24, 2.45) is 4.99 Å². The van der Waals surface area contributed by atoms with Gasteiger partial charge in [-0.2, -0.15) is 5.10 Å². The van der Waals surface area contributed by atoms with Gasteiger partial charge in [-0.15, -0.1) is 0 Å². The SMILES string of the molecule is C[C@@H]1CCC[C@H](C)N1C(=O)CN1C(=O)N2CCCN=C2c2cnn(-c3ccccc3)c21. The van der Waals surface area contributed by atoms with Crippen molar-refractivity contribution in [1.82, 2.24) is 19.6 Å². The average Bonchev–Trinajstić information content (AvgIpc) is 3.22. The summed E-state index contributed by atoms with van der Waals surface area (Å²) in [7, 11) is 0. The monoisotopic (exact) mass is 420 g/mol. The third-order valence-electron chi connectivity index (χ3n) is 6.53. The molecule has 3 amide bonds. The van der Waals surface area contributed by atoms with Crippen LogP contribution in [0.15, 0.2) is 41.5 Å². The maximum absolute atomic E-state index is 13.5. The molecule has 31 heavy (non-hydrogen) atoms.